The van der Waals surface area contributed by atoms with Crippen molar-refractivity contribution in [2.75, 3.05) is 24.3 Å². The fourth-order valence-corrected chi connectivity index (χ4v) is 2.66. The Morgan fingerprint density at radius 1 is 1.12 bits per heavy atom. The van der Waals surface area contributed by atoms with Crippen molar-refractivity contribution in [2.24, 2.45) is 11.7 Å². The van der Waals surface area contributed by atoms with Gasteiger partial charge in [-0.15, -0.1) is 0 Å². The van der Waals surface area contributed by atoms with Crippen molar-refractivity contribution < 1.29 is 24.3 Å². The number of hydrogen-bond acceptors (Lipinski definition) is 7. The minimum atomic E-state index is -1.19. The van der Waals surface area contributed by atoms with Crippen LogP contribution in [-0.2, 0) is 19.2 Å². The van der Waals surface area contributed by atoms with Crippen LogP contribution in [0.1, 0.15) is 20.3 Å². The highest BCUT2D eigenvalue weighted by atomic mass is 32.2. The number of nitrogens with one attached hydrogen (secondary N) is 3. The molecule has 26 heavy (non-hydrogen) atoms. The molecule has 3 unspecified atom stereocenters. The quantitative estimate of drug-likeness (QED) is 0.223. The smallest absolute Gasteiger partial charge is 0.322 e. The molecule has 9 nitrogen and oxygen atoms in total. The van der Waals surface area contributed by atoms with Gasteiger partial charge in [0.05, 0.1) is 6.04 Å². The lowest BCUT2D eigenvalue weighted by Gasteiger charge is -2.25. The van der Waals surface area contributed by atoms with E-state index in [1.54, 1.807) is 25.6 Å². The van der Waals surface area contributed by atoms with Crippen LogP contribution < -0.4 is 21.7 Å². The van der Waals surface area contributed by atoms with E-state index in [1.807, 2.05) is 6.26 Å². The largest absolute Gasteiger partial charge is 0.480 e. The minimum Gasteiger partial charge on any atom is -0.480 e. The number of carboxylic acids is 1. The van der Waals surface area contributed by atoms with Crippen LogP contribution in [0.5, 0.6) is 0 Å². The molecule has 0 heterocycles. The maximum Gasteiger partial charge on any atom is 0.322 e. The molecule has 0 saturated heterocycles. The third kappa shape index (κ3) is 9.30. The van der Waals surface area contributed by atoms with Gasteiger partial charge in [0.25, 0.3) is 0 Å². The number of thioether (sulfide) groups is 1. The van der Waals surface area contributed by atoms with Crippen molar-refractivity contribution in [3.8, 4) is 0 Å². The number of nitrogens with two attached hydrogens (primary N) is 1. The summed E-state index contributed by atoms with van der Waals surface area (Å²) in [6, 6.07) is -2.64. The Labute approximate surface area is 163 Å². The van der Waals surface area contributed by atoms with Gasteiger partial charge in [0.2, 0.25) is 17.7 Å². The molecule has 0 aliphatic carbocycles. The third-order valence-corrected chi connectivity index (χ3v) is 4.46. The number of hydrogen-bond donors (Lipinski definition) is 6. The lowest BCUT2D eigenvalue weighted by molar-refractivity contribution is -0.138. The van der Waals surface area contributed by atoms with Gasteiger partial charge in [-0.1, -0.05) is 13.8 Å². The second kappa shape index (κ2) is 12.8. The van der Waals surface area contributed by atoms with Gasteiger partial charge in [-0.3, -0.25) is 19.2 Å². The van der Waals surface area contributed by atoms with E-state index in [1.165, 1.54) is 0 Å². The monoisotopic (exact) mass is 408 g/mol. The standard InChI is InChI=1S/C15H28N4O5S2/c1-8(2)12(15(24)17-6-11(20)21)19-14(23)10(7-25)18-13(22)9(16)4-5-26-3/h8-10,12,25H,4-7,16H2,1-3H3,(H,17,24)(H,18,22)(H,19,23)(H,20,21). The highest BCUT2D eigenvalue weighted by molar-refractivity contribution is 7.98. The number of carboxylic acid groups (broad SMARTS) is 1. The van der Waals surface area contributed by atoms with Crippen molar-refractivity contribution in [1.29, 1.82) is 0 Å². The molecule has 0 aliphatic heterocycles. The summed E-state index contributed by atoms with van der Waals surface area (Å²) in [5, 5.41) is 15.9. The van der Waals surface area contributed by atoms with Crippen LogP contribution in [0.15, 0.2) is 0 Å². The topological polar surface area (TPSA) is 151 Å². The van der Waals surface area contributed by atoms with E-state index in [-0.39, 0.29) is 11.7 Å². The van der Waals surface area contributed by atoms with Crippen LogP contribution in [0.25, 0.3) is 0 Å². The van der Waals surface area contributed by atoms with E-state index < -0.39 is 48.4 Å². The predicted molar refractivity (Wildman–Crippen MR) is 104 cm³/mol. The fraction of sp³-hybridized carbons (Fsp3) is 0.733. The Hall–Kier alpha value is -1.46. The number of carbonyl (C=O) groups excluding carboxylic acids is 3. The van der Waals surface area contributed by atoms with Crippen LogP contribution >= 0.6 is 24.4 Å². The normalized spacial score (nSPS) is 14.2. The Morgan fingerprint density at radius 3 is 2.19 bits per heavy atom. The van der Waals surface area contributed by atoms with Gasteiger partial charge in [-0.2, -0.15) is 24.4 Å². The molecular formula is C15H28N4O5S2. The summed E-state index contributed by atoms with van der Waals surface area (Å²) in [6.45, 7) is 2.87. The average molecular weight is 409 g/mol. The van der Waals surface area contributed by atoms with Crippen molar-refractivity contribution in [3.05, 3.63) is 0 Å². The molecule has 0 aliphatic rings. The van der Waals surface area contributed by atoms with E-state index in [2.05, 4.69) is 28.6 Å². The van der Waals surface area contributed by atoms with Crippen molar-refractivity contribution in [3.63, 3.8) is 0 Å². The van der Waals surface area contributed by atoms with Crippen LogP contribution in [0.4, 0.5) is 0 Å². The molecule has 6 N–H and O–H groups in total. The van der Waals surface area contributed by atoms with E-state index in [4.69, 9.17) is 10.8 Å². The zero-order valence-corrected chi connectivity index (χ0v) is 16.9. The molecular weight excluding hydrogens is 380 g/mol. The number of thiol groups is 1. The SMILES string of the molecule is CSCCC(N)C(=O)NC(CS)C(=O)NC(C(=O)NCC(=O)O)C(C)C. The van der Waals surface area contributed by atoms with Crippen LogP contribution in [-0.4, -0.2) is 71.2 Å². The van der Waals surface area contributed by atoms with E-state index >= 15 is 0 Å². The van der Waals surface area contributed by atoms with Crippen molar-refractivity contribution in [2.45, 2.75) is 38.4 Å². The van der Waals surface area contributed by atoms with Crippen LogP contribution in [0, 0.1) is 5.92 Å². The van der Waals surface area contributed by atoms with Crippen LogP contribution in [0.2, 0.25) is 0 Å². The van der Waals surface area contributed by atoms with Gasteiger partial charge in [0.1, 0.15) is 18.6 Å². The maximum atomic E-state index is 12.4. The van der Waals surface area contributed by atoms with E-state index in [0.29, 0.717) is 12.2 Å². The molecule has 150 valence electrons. The second-order valence-corrected chi connectivity index (χ2v) is 7.32. The van der Waals surface area contributed by atoms with Gasteiger partial charge in [0, 0.05) is 5.75 Å². The molecule has 3 amide bonds. The zero-order valence-electron chi connectivity index (χ0n) is 15.2. The lowest BCUT2D eigenvalue weighted by atomic mass is 10.0. The van der Waals surface area contributed by atoms with Crippen molar-refractivity contribution in [1.82, 2.24) is 16.0 Å². The predicted octanol–water partition coefficient (Wildman–Crippen LogP) is -1.18. The van der Waals surface area contributed by atoms with E-state index in [9.17, 15) is 19.2 Å². The number of rotatable bonds is 12. The number of aliphatic carboxylic acids is 1. The molecule has 0 bridgehead atoms. The molecule has 11 heteroatoms. The van der Waals surface area contributed by atoms with Gasteiger partial charge >= 0.3 is 5.97 Å². The van der Waals surface area contributed by atoms with Crippen molar-refractivity contribution >= 4 is 48.1 Å². The molecule has 0 aromatic rings. The summed E-state index contributed by atoms with van der Waals surface area (Å²) in [5.41, 5.74) is 5.77. The van der Waals surface area contributed by atoms with Gasteiger partial charge in [-0.25, -0.2) is 0 Å². The molecule has 0 rings (SSSR count). The minimum absolute atomic E-state index is 0.0222. The third-order valence-electron chi connectivity index (χ3n) is 3.45. The van der Waals surface area contributed by atoms with E-state index in [0.717, 1.165) is 0 Å². The zero-order chi connectivity index (χ0) is 20.3. The molecule has 3 atom stereocenters. The Kier molecular flexibility index (Phi) is 12.1. The highest BCUT2D eigenvalue weighted by Gasteiger charge is 2.29. The summed E-state index contributed by atoms with van der Waals surface area (Å²) in [7, 11) is 0. The number of carbonyl (C=O) groups is 4. The van der Waals surface area contributed by atoms with Gasteiger partial charge in [-0.05, 0) is 24.3 Å². The highest BCUT2D eigenvalue weighted by Crippen LogP contribution is 2.04. The summed E-state index contributed by atoms with van der Waals surface area (Å²) >= 11 is 5.62. The van der Waals surface area contributed by atoms with Crippen LogP contribution in [0.3, 0.4) is 0 Å². The first-order chi connectivity index (χ1) is 12.1. The molecule has 0 radical (unpaired) electrons. The first-order valence-corrected chi connectivity index (χ1v) is 10.1. The Balaban J connectivity index is 4.84. The summed E-state index contributed by atoms with van der Waals surface area (Å²) in [6.07, 6.45) is 2.37. The lowest BCUT2D eigenvalue weighted by Crippen LogP contribution is -2.57. The molecule has 0 aromatic heterocycles. The molecule has 0 saturated carbocycles. The molecule has 0 aromatic carbocycles. The fourth-order valence-electron chi connectivity index (χ4n) is 1.91. The first kappa shape index (κ1) is 24.5. The summed E-state index contributed by atoms with van der Waals surface area (Å²) in [5.74, 6) is -2.41. The average Bonchev–Trinajstić information content (AvgIpc) is 2.58. The summed E-state index contributed by atoms with van der Waals surface area (Å²) in [4.78, 5) is 47.1. The Bertz CT molecular complexity index is 504. The first-order valence-electron chi connectivity index (χ1n) is 8.09. The Morgan fingerprint density at radius 2 is 1.73 bits per heavy atom. The van der Waals surface area contributed by atoms with Gasteiger partial charge in [0.15, 0.2) is 0 Å². The maximum absolute atomic E-state index is 12.4. The molecule has 0 fully saturated rings. The summed E-state index contributed by atoms with van der Waals surface area (Å²) < 4.78 is 0. The number of amides is 3. The van der Waals surface area contributed by atoms with Gasteiger partial charge < -0.3 is 26.8 Å². The second-order valence-electron chi connectivity index (χ2n) is 5.97. The molecule has 0 spiro atoms.